The molecule has 0 radical (unpaired) electrons. The van der Waals surface area contributed by atoms with Crippen molar-refractivity contribution in [1.82, 2.24) is 9.97 Å². The Hall–Kier alpha value is -1.12. The molecule has 2 saturated carbocycles. The molecule has 16 heavy (non-hydrogen) atoms. The molecule has 2 aliphatic rings. The maximum absolute atomic E-state index is 11.9. The van der Waals surface area contributed by atoms with Gasteiger partial charge in [-0.05, 0) is 37.0 Å². The van der Waals surface area contributed by atoms with E-state index in [4.69, 9.17) is 0 Å². The normalized spacial score (nSPS) is 32.1. The van der Waals surface area contributed by atoms with Crippen molar-refractivity contribution in [3.05, 3.63) is 18.2 Å². The van der Waals surface area contributed by atoms with Crippen LogP contribution in [0.1, 0.15) is 37.9 Å². The van der Waals surface area contributed by atoms with E-state index in [1.165, 1.54) is 25.7 Å². The van der Waals surface area contributed by atoms with Gasteiger partial charge in [0.1, 0.15) is 11.6 Å². The monoisotopic (exact) mass is 218 g/mol. The van der Waals surface area contributed by atoms with Crippen molar-refractivity contribution in [3.8, 4) is 0 Å². The summed E-state index contributed by atoms with van der Waals surface area (Å²) in [5.74, 6) is 3.64. The largest absolute Gasteiger partial charge is 0.348 e. The summed E-state index contributed by atoms with van der Waals surface area (Å²) in [6.07, 6.45) is 10.2. The molecule has 3 unspecified atom stereocenters. The molecule has 86 valence electrons. The van der Waals surface area contributed by atoms with Crippen molar-refractivity contribution in [1.29, 1.82) is 0 Å². The molecule has 3 nitrogen and oxygen atoms in total. The molecular weight excluding hydrogens is 200 g/mol. The van der Waals surface area contributed by atoms with Crippen LogP contribution in [0.15, 0.2) is 12.4 Å². The van der Waals surface area contributed by atoms with Gasteiger partial charge in [0, 0.05) is 18.8 Å². The number of aromatic amines is 1. The predicted molar refractivity (Wildman–Crippen MR) is 60.9 cm³/mol. The summed E-state index contributed by atoms with van der Waals surface area (Å²) < 4.78 is 0. The summed E-state index contributed by atoms with van der Waals surface area (Å²) in [5, 5.41) is 0. The fourth-order valence-electron chi connectivity index (χ4n) is 3.57. The van der Waals surface area contributed by atoms with Crippen LogP contribution in [0.2, 0.25) is 0 Å². The third-order valence-corrected chi connectivity index (χ3v) is 4.29. The van der Waals surface area contributed by atoms with E-state index in [2.05, 4.69) is 9.97 Å². The van der Waals surface area contributed by atoms with E-state index in [0.29, 0.717) is 18.1 Å². The lowest BCUT2D eigenvalue weighted by molar-refractivity contribution is -0.119. The third kappa shape index (κ3) is 1.91. The van der Waals surface area contributed by atoms with E-state index < -0.39 is 0 Å². The van der Waals surface area contributed by atoms with Gasteiger partial charge in [0.15, 0.2) is 0 Å². The fraction of sp³-hybridized carbons (Fsp3) is 0.692. The van der Waals surface area contributed by atoms with Crippen LogP contribution < -0.4 is 0 Å². The standard InChI is InChI=1S/C13H18N2O/c16-12(8-13-14-3-4-15-13)7-11-6-9-1-2-10(11)5-9/h3-4,9-11H,1-2,5-8H2,(H,14,15). The molecular formula is C13H18N2O. The molecule has 1 N–H and O–H groups in total. The van der Waals surface area contributed by atoms with E-state index in [0.717, 1.165) is 24.1 Å². The summed E-state index contributed by atoms with van der Waals surface area (Å²) in [6, 6.07) is 0. The molecule has 0 spiro atoms. The summed E-state index contributed by atoms with van der Waals surface area (Å²) in [7, 11) is 0. The zero-order valence-electron chi connectivity index (χ0n) is 9.48. The number of ketones is 1. The summed E-state index contributed by atoms with van der Waals surface area (Å²) in [6.45, 7) is 0. The predicted octanol–water partition coefficient (Wildman–Crippen LogP) is 2.35. The summed E-state index contributed by atoms with van der Waals surface area (Å²) in [4.78, 5) is 19.0. The van der Waals surface area contributed by atoms with E-state index >= 15 is 0 Å². The zero-order valence-corrected chi connectivity index (χ0v) is 9.48. The maximum atomic E-state index is 11.9. The Morgan fingerprint density at radius 1 is 1.44 bits per heavy atom. The van der Waals surface area contributed by atoms with Crippen molar-refractivity contribution in [2.24, 2.45) is 17.8 Å². The molecule has 3 rings (SSSR count). The van der Waals surface area contributed by atoms with Gasteiger partial charge in [-0.15, -0.1) is 0 Å². The van der Waals surface area contributed by atoms with Crippen molar-refractivity contribution < 1.29 is 4.79 Å². The van der Waals surface area contributed by atoms with Crippen LogP contribution in [0.4, 0.5) is 0 Å². The molecule has 1 aromatic heterocycles. The highest BCUT2D eigenvalue weighted by Crippen LogP contribution is 2.49. The first-order valence-electron chi connectivity index (χ1n) is 6.31. The van der Waals surface area contributed by atoms with Gasteiger partial charge in [0.2, 0.25) is 0 Å². The van der Waals surface area contributed by atoms with Gasteiger partial charge >= 0.3 is 0 Å². The van der Waals surface area contributed by atoms with Gasteiger partial charge in [-0.25, -0.2) is 4.98 Å². The minimum Gasteiger partial charge on any atom is -0.348 e. The minimum atomic E-state index is 0.354. The Labute approximate surface area is 95.7 Å². The van der Waals surface area contributed by atoms with E-state index in [-0.39, 0.29) is 0 Å². The highest BCUT2D eigenvalue weighted by Gasteiger charge is 2.39. The number of rotatable bonds is 4. The number of H-pyrrole nitrogens is 1. The Kier molecular flexibility index (Phi) is 2.54. The number of hydrogen-bond donors (Lipinski definition) is 1. The summed E-state index contributed by atoms with van der Waals surface area (Å²) >= 11 is 0. The topological polar surface area (TPSA) is 45.8 Å². The van der Waals surface area contributed by atoms with Crippen molar-refractivity contribution in [2.75, 3.05) is 0 Å². The maximum Gasteiger partial charge on any atom is 0.140 e. The number of nitrogens with one attached hydrogen (secondary N) is 1. The average Bonchev–Trinajstić information content (AvgIpc) is 2.92. The zero-order chi connectivity index (χ0) is 11.0. The highest BCUT2D eigenvalue weighted by atomic mass is 16.1. The van der Waals surface area contributed by atoms with Crippen LogP contribution in [0.3, 0.4) is 0 Å². The van der Waals surface area contributed by atoms with Crippen molar-refractivity contribution >= 4 is 5.78 Å². The van der Waals surface area contributed by atoms with Crippen molar-refractivity contribution in [2.45, 2.75) is 38.5 Å². The number of imidazole rings is 1. The van der Waals surface area contributed by atoms with Crippen LogP contribution in [-0.2, 0) is 11.2 Å². The fourth-order valence-corrected chi connectivity index (χ4v) is 3.57. The Balaban J connectivity index is 1.53. The Morgan fingerprint density at radius 2 is 2.38 bits per heavy atom. The SMILES string of the molecule is O=C(Cc1ncc[nH]1)CC1CC2CCC1C2. The first kappa shape index (κ1) is 10.1. The summed E-state index contributed by atoms with van der Waals surface area (Å²) in [5.41, 5.74) is 0. The molecule has 0 aliphatic heterocycles. The molecule has 0 amide bonds. The number of hydrogen-bond acceptors (Lipinski definition) is 2. The number of aromatic nitrogens is 2. The van der Waals surface area contributed by atoms with E-state index in [1.807, 2.05) is 0 Å². The van der Waals surface area contributed by atoms with E-state index in [9.17, 15) is 4.79 Å². The molecule has 3 heteroatoms. The first-order chi connectivity index (χ1) is 7.81. The molecule has 1 aromatic rings. The second-order valence-electron chi connectivity index (χ2n) is 5.39. The van der Waals surface area contributed by atoms with Crippen LogP contribution in [0, 0.1) is 17.8 Å². The number of nitrogens with zero attached hydrogens (tertiary/aromatic N) is 1. The van der Waals surface area contributed by atoms with Gasteiger partial charge in [0.05, 0.1) is 6.42 Å². The molecule has 0 saturated heterocycles. The van der Waals surface area contributed by atoms with Crippen LogP contribution in [0.5, 0.6) is 0 Å². The first-order valence-corrected chi connectivity index (χ1v) is 6.31. The second kappa shape index (κ2) is 4.04. The highest BCUT2D eigenvalue weighted by molar-refractivity contribution is 5.80. The number of fused-ring (bicyclic) bond motifs is 2. The van der Waals surface area contributed by atoms with Gasteiger partial charge in [-0.2, -0.15) is 0 Å². The molecule has 2 aliphatic carbocycles. The third-order valence-electron chi connectivity index (χ3n) is 4.29. The number of Topliss-reactive ketones (excluding diaryl/α,β-unsaturated/α-hetero) is 1. The average molecular weight is 218 g/mol. The van der Waals surface area contributed by atoms with Crippen LogP contribution in [-0.4, -0.2) is 15.8 Å². The smallest absolute Gasteiger partial charge is 0.140 e. The van der Waals surface area contributed by atoms with Gasteiger partial charge in [-0.1, -0.05) is 6.42 Å². The molecule has 3 atom stereocenters. The molecule has 1 heterocycles. The van der Waals surface area contributed by atoms with Gasteiger partial charge in [-0.3, -0.25) is 4.79 Å². The lowest BCUT2D eigenvalue weighted by Gasteiger charge is -2.20. The van der Waals surface area contributed by atoms with Crippen LogP contribution >= 0.6 is 0 Å². The number of carbonyl (C=O) groups excluding carboxylic acids is 1. The van der Waals surface area contributed by atoms with Gasteiger partial charge in [0.25, 0.3) is 0 Å². The van der Waals surface area contributed by atoms with Gasteiger partial charge < -0.3 is 4.98 Å². The minimum absolute atomic E-state index is 0.354. The Bertz CT molecular complexity index is 371. The quantitative estimate of drug-likeness (QED) is 0.843. The molecule has 2 fully saturated rings. The molecule has 2 bridgehead atoms. The second-order valence-corrected chi connectivity index (χ2v) is 5.39. The lowest BCUT2D eigenvalue weighted by atomic mass is 9.85. The molecule has 0 aromatic carbocycles. The Morgan fingerprint density at radius 3 is 3.00 bits per heavy atom. The lowest BCUT2D eigenvalue weighted by Crippen LogP contribution is -2.16. The van der Waals surface area contributed by atoms with Crippen LogP contribution in [0.25, 0.3) is 0 Å². The van der Waals surface area contributed by atoms with Crippen molar-refractivity contribution in [3.63, 3.8) is 0 Å². The number of carbonyl (C=O) groups is 1. The van der Waals surface area contributed by atoms with E-state index in [1.54, 1.807) is 12.4 Å².